The Bertz CT molecular complexity index is 1130. The Labute approximate surface area is 183 Å². The van der Waals surface area contributed by atoms with Crippen LogP contribution in [0, 0.1) is 5.41 Å². The maximum Gasteiger partial charge on any atom is 0.252 e. The maximum absolute atomic E-state index is 12.9. The van der Waals surface area contributed by atoms with E-state index in [0.717, 1.165) is 25.2 Å². The summed E-state index contributed by atoms with van der Waals surface area (Å²) in [5.41, 5.74) is 1.47. The Morgan fingerprint density at radius 2 is 2.10 bits per heavy atom. The SMILES string of the molecule is C/C=C(\C=C/CCNC(=O)c1ccc2nccn2c1)S(=O)(=O)N1CC2(CCN(C)C2)C1. The summed E-state index contributed by atoms with van der Waals surface area (Å²) in [6.07, 6.45) is 11.9. The van der Waals surface area contributed by atoms with Crippen LogP contribution in [-0.2, 0) is 10.0 Å². The Morgan fingerprint density at radius 3 is 2.81 bits per heavy atom. The fourth-order valence-electron chi connectivity index (χ4n) is 4.39. The highest BCUT2D eigenvalue weighted by atomic mass is 32.2. The fraction of sp³-hybridized carbons (Fsp3) is 0.455. The van der Waals surface area contributed by atoms with E-state index in [0.29, 0.717) is 36.5 Å². The first kappa shape index (κ1) is 21.7. The van der Waals surface area contributed by atoms with Gasteiger partial charge in [-0.1, -0.05) is 12.2 Å². The molecule has 0 unspecified atom stereocenters. The number of carbonyl (C=O) groups excluding carboxylic acids is 1. The molecule has 2 aliphatic rings. The molecular weight excluding hydrogens is 414 g/mol. The van der Waals surface area contributed by atoms with E-state index < -0.39 is 10.0 Å². The third-order valence-corrected chi connectivity index (χ3v) is 8.01. The number of allylic oxidation sites excluding steroid dienone is 2. The molecule has 1 amide bonds. The minimum absolute atomic E-state index is 0.133. The second-order valence-corrected chi connectivity index (χ2v) is 10.4. The summed E-state index contributed by atoms with van der Waals surface area (Å²) in [7, 11) is -1.38. The van der Waals surface area contributed by atoms with E-state index in [-0.39, 0.29) is 11.3 Å². The summed E-state index contributed by atoms with van der Waals surface area (Å²) in [6, 6.07) is 3.53. The van der Waals surface area contributed by atoms with Crippen LogP contribution in [0.25, 0.3) is 5.65 Å². The summed E-state index contributed by atoms with van der Waals surface area (Å²) >= 11 is 0. The molecule has 2 aliphatic heterocycles. The number of hydrogen-bond acceptors (Lipinski definition) is 5. The number of pyridine rings is 1. The number of sulfonamides is 1. The van der Waals surface area contributed by atoms with Crippen molar-refractivity contribution in [3.05, 3.63) is 59.4 Å². The summed E-state index contributed by atoms with van der Waals surface area (Å²) in [5, 5.41) is 2.86. The third kappa shape index (κ3) is 4.44. The summed E-state index contributed by atoms with van der Waals surface area (Å²) in [4.78, 5) is 19.1. The van der Waals surface area contributed by atoms with Gasteiger partial charge >= 0.3 is 0 Å². The van der Waals surface area contributed by atoms with Crippen LogP contribution >= 0.6 is 0 Å². The van der Waals surface area contributed by atoms with E-state index in [4.69, 9.17) is 0 Å². The molecule has 0 aliphatic carbocycles. The average molecular weight is 444 g/mol. The normalized spacial score (nSPS) is 20.0. The number of likely N-dealkylation sites (tertiary alicyclic amines) is 1. The maximum atomic E-state index is 12.9. The first-order valence-corrected chi connectivity index (χ1v) is 12.0. The predicted octanol–water partition coefficient (Wildman–Crippen LogP) is 1.88. The van der Waals surface area contributed by atoms with Crippen molar-refractivity contribution in [2.24, 2.45) is 5.41 Å². The van der Waals surface area contributed by atoms with Crippen molar-refractivity contribution in [2.75, 3.05) is 39.8 Å². The molecule has 9 heteroatoms. The van der Waals surface area contributed by atoms with Gasteiger partial charge in [-0.2, -0.15) is 4.31 Å². The van der Waals surface area contributed by atoms with Crippen molar-refractivity contribution in [1.29, 1.82) is 0 Å². The second kappa shape index (κ2) is 8.57. The van der Waals surface area contributed by atoms with Crippen LogP contribution in [0.1, 0.15) is 30.1 Å². The van der Waals surface area contributed by atoms with E-state index >= 15 is 0 Å². The van der Waals surface area contributed by atoms with Gasteiger partial charge in [0.1, 0.15) is 5.65 Å². The fourth-order valence-corrected chi connectivity index (χ4v) is 6.15. The van der Waals surface area contributed by atoms with Crippen molar-refractivity contribution >= 4 is 21.6 Å². The molecule has 0 radical (unpaired) electrons. The van der Waals surface area contributed by atoms with Crippen LogP contribution in [0.2, 0.25) is 0 Å². The molecule has 8 nitrogen and oxygen atoms in total. The highest BCUT2D eigenvalue weighted by molar-refractivity contribution is 7.93. The van der Waals surface area contributed by atoms with E-state index in [2.05, 4.69) is 22.2 Å². The van der Waals surface area contributed by atoms with Crippen molar-refractivity contribution in [3.63, 3.8) is 0 Å². The Kier molecular flexibility index (Phi) is 6.00. The molecular formula is C22H29N5O3S. The van der Waals surface area contributed by atoms with Gasteiger partial charge in [0, 0.05) is 50.2 Å². The number of fused-ring (bicyclic) bond motifs is 1. The monoisotopic (exact) mass is 443 g/mol. The molecule has 1 spiro atoms. The van der Waals surface area contributed by atoms with Gasteiger partial charge in [-0.15, -0.1) is 0 Å². The molecule has 2 fully saturated rings. The standard InChI is InChI=1S/C22H29N5O3S/c1-3-19(31(29,30)27-16-22(17-27)9-12-25(2)15-22)6-4-5-10-24-21(28)18-7-8-20-23-11-13-26(20)14-18/h3-4,6-8,11,13-14H,5,9-10,12,15-17H2,1-2H3,(H,24,28)/b6-4-,19-3+. The van der Waals surface area contributed by atoms with Gasteiger partial charge in [-0.05, 0) is 51.6 Å². The summed E-state index contributed by atoms with van der Waals surface area (Å²) in [6.45, 7) is 5.36. The van der Waals surface area contributed by atoms with Gasteiger partial charge in [0.15, 0.2) is 0 Å². The lowest BCUT2D eigenvalue weighted by Gasteiger charge is -2.47. The zero-order valence-electron chi connectivity index (χ0n) is 18.0. The topological polar surface area (TPSA) is 87.0 Å². The average Bonchev–Trinajstić information content (AvgIpc) is 3.35. The molecule has 4 heterocycles. The number of nitrogens with zero attached hydrogens (tertiary/aromatic N) is 4. The molecule has 2 aromatic heterocycles. The lowest BCUT2D eigenvalue weighted by atomic mass is 9.81. The number of aromatic nitrogens is 2. The van der Waals surface area contributed by atoms with Crippen LogP contribution in [0.3, 0.4) is 0 Å². The Morgan fingerprint density at radius 1 is 1.29 bits per heavy atom. The van der Waals surface area contributed by atoms with Crippen LogP contribution in [0.15, 0.2) is 53.9 Å². The van der Waals surface area contributed by atoms with Crippen LogP contribution in [0.4, 0.5) is 0 Å². The lowest BCUT2D eigenvalue weighted by molar-refractivity contribution is 0.0822. The Hall–Kier alpha value is -2.49. The smallest absolute Gasteiger partial charge is 0.252 e. The van der Waals surface area contributed by atoms with Crippen molar-refractivity contribution in [1.82, 2.24) is 23.9 Å². The highest BCUT2D eigenvalue weighted by Gasteiger charge is 2.51. The summed E-state index contributed by atoms with van der Waals surface area (Å²) < 4.78 is 29.2. The number of hydrogen-bond donors (Lipinski definition) is 1. The van der Waals surface area contributed by atoms with E-state index in [1.165, 1.54) is 0 Å². The zero-order chi connectivity index (χ0) is 22.1. The minimum atomic E-state index is -3.46. The number of amides is 1. The van der Waals surface area contributed by atoms with Gasteiger partial charge < -0.3 is 14.6 Å². The second-order valence-electron chi connectivity index (χ2n) is 8.51. The molecule has 31 heavy (non-hydrogen) atoms. The van der Waals surface area contributed by atoms with Crippen molar-refractivity contribution in [2.45, 2.75) is 19.8 Å². The third-order valence-electron chi connectivity index (χ3n) is 6.10. The van der Waals surface area contributed by atoms with Gasteiger partial charge in [0.2, 0.25) is 10.0 Å². The van der Waals surface area contributed by atoms with E-state index in [1.807, 2.05) is 0 Å². The number of rotatable bonds is 7. The molecule has 0 atom stereocenters. The largest absolute Gasteiger partial charge is 0.352 e. The molecule has 0 saturated carbocycles. The molecule has 0 bridgehead atoms. The van der Waals surface area contributed by atoms with Gasteiger partial charge in [0.05, 0.1) is 10.5 Å². The molecule has 4 rings (SSSR count). The number of nitrogens with one attached hydrogen (secondary N) is 1. The van der Waals surface area contributed by atoms with Crippen LogP contribution in [0.5, 0.6) is 0 Å². The molecule has 1 N–H and O–H groups in total. The van der Waals surface area contributed by atoms with E-state index in [9.17, 15) is 13.2 Å². The number of imidazole rings is 1. The highest BCUT2D eigenvalue weighted by Crippen LogP contribution is 2.41. The molecule has 2 aromatic rings. The molecule has 0 aromatic carbocycles. The van der Waals surface area contributed by atoms with E-state index in [1.54, 1.807) is 64.6 Å². The van der Waals surface area contributed by atoms with Crippen LogP contribution in [-0.4, -0.2) is 72.7 Å². The predicted molar refractivity (Wildman–Crippen MR) is 120 cm³/mol. The van der Waals surface area contributed by atoms with Crippen LogP contribution < -0.4 is 5.32 Å². The quantitative estimate of drug-likeness (QED) is 0.522. The van der Waals surface area contributed by atoms with Gasteiger partial charge in [0.25, 0.3) is 5.91 Å². The molecule has 166 valence electrons. The zero-order valence-corrected chi connectivity index (χ0v) is 18.8. The summed E-state index contributed by atoms with van der Waals surface area (Å²) in [5.74, 6) is -0.171. The number of carbonyl (C=O) groups is 1. The van der Waals surface area contributed by atoms with Crippen molar-refractivity contribution < 1.29 is 13.2 Å². The Balaban J connectivity index is 1.27. The lowest BCUT2D eigenvalue weighted by Crippen LogP contribution is -2.59. The van der Waals surface area contributed by atoms with Gasteiger partial charge in [-0.25, -0.2) is 13.4 Å². The minimum Gasteiger partial charge on any atom is -0.352 e. The first-order valence-electron chi connectivity index (χ1n) is 10.6. The first-order chi connectivity index (χ1) is 14.8. The van der Waals surface area contributed by atoms with Gasteiger partial charge in [-0.3, -0.25) is 4.79 Å². The molecule has 2 saturated heterocycles. The van der Waals surface area contributed by atoms with Crippen molar-refractivity contribution in [3.8, 4) is 0 Å².